The van der Waals surface area contributed by atoms with E-state index in [1.807, 2.05) is 0 Å². The number of nitrogens with zero attached hydrogens (tertiary/aromatic N) is 2. The smallest absolute Gasteiger partial charge is 0.247 e. The Kier molecular flexibility index (Phi) is 3.87. The van der Waals surface area contributed by atoms with Crippen molar-refractivity contribution in [1.82, 2.24) is 21.3 Å². The molecule has 7 nitrogen and oxygen atoms in total. The number of hydrazone groups is 1. The highest BCUT2D eigenvalue weighted by molar-refractivity contribution is 5.89. The fourth-order valence-electron chi connectivity index (χ4n) is 1.55. The predicted octanol–water partition coefficient (Wildman–Crippen LogP) is -0.314. The first-order valence-corrected chi connectivity index (χ1v) is 5.63. The lowest BCUT2D eigenvalue weighted by Gasteiger charge is -2.05. The Morgan fingerprint density at radius 2 is 2.42 bits per heavy atom. The number of rotatable bonds is 4. The molecule has 0 radical (unpaired) electrons. The third kappa shape index (κ3) is 3.38. The Bertz CT molecular complexity index is 510. The zero-order chi connectivity index (χ0) is 13.7. The van der Waals surface area contributed by atoms with E-state index in [1.54, 1.807) is 24.5 Å². The fraction of sp³-hybridized carbons (Fsp3) is 0.167. The quantitative estimate of drug-likeness (QED) is 0.510. The standard InChI is InChI=1S/C12H13N5O2/c1-8-10(12(19)17-15-8)5-11(18)16-14-7-9-3-2-4-13-6-9/h2-4,6-7,10,15H,1,5H2,(H,16,18)(H,17,19). The lowest BCUT2D eigenvalue weighted by atomic mass is 10.0. The number of hydrogen-bond donors (Lipinski definition) is 3. The predicted molar refractivity (Wildman–Crippen MR) is 68.5 cm³/mol. The van der Waals surface area contributed by atoms with Crippen LogP contribution in [-0.4, -0.2) is 23.0 Å². The van der Waals surface area contributed by atoms with E-state index >= 15 is 0 Å². The summed E-state index contributed by atoms with van der Waals surface area (Å²) in [5, 5.41) is 3.79. The number of hydrogen-bond acceptors (Lipinski definition) is 5. The zero-order valence-corrected chi connectivity index (χ0v) is 10.1. The molecule has 0 saturated carbocycles. The molecule has 1 atom stereocenters. The van der Waals surface area contributed by atoms with Crippen molar-refractivity contribution in [2.75, 3.05) is 0 Å². The van der Waals surface area contributed by atoms with Crippen molar-refractivity contribution in [1.29, 1.82) is 0 Å². The van der Waals surface area contributed by atoms with Crippen molar-refractivity contribution in [3.63, 3.8) is 0 Å². The third-order valence-corrected chi connectivity index (χ3v) is 2.56. The van der Waals surface area contributed by atoms with Gasteiger partial charge in [0, 0.05) is 30.1 Å². The van der Waals surface area contributed by atoms with Gasteiger partial charge in [-0.05, 0) is 6.07 Å². The Hall–Kier alpha value is -2.70. The topological polar surface area (TPSA) is 95.5 Å². The van der Waals surface area contributed by atoms with Crippen LogP contribution >= 0.6 is 0 Å². The van der Waals surface area contributed by atoms with Crippen LogP contribution in [0.25, 0.3) is 0 Å². The van der Waals surface area contributed by atoms with Gasteiger partial charge in [-0.15, -0.1) is 0 Å². The van der Waals surface area contributed by atoms with Gasteiger partial charge in [0.2, 0.25) is 11.8 Å². The molecule has 1 saturated heterocycles. The number of nitrogens with one attached hydrogen (secondary N) is 3. The lowest BCUT2D eigenvalue weighted by molar-refractivity contribution is -0.127. The molecule has 1 aliphatic rings. The van der Waals surface area contributed by atoms with Gasteiger partial charge in [0.05, 0.1) is 12.1 Å². The molecule has 2 rings (SSSR count). The van der Waals surface area contributed by atoms with Crippen molar-refractivity contribution in [3.05, 3.63) is 42.4 Å². The summed E-state index contributed by atoms with van der Waals surface area (Å²) in [7, 11) is 0. The summed E-state index contributed by atoms with van der Waals surface area (Å²) in [5.74, 6) is -1.19. The highest BCUT2D eigenvalue weighted by Gasteiger charge is 2.29. The zero-order valence-electron chi connectivity index (χ0n) is 10.1. The highest BCUT2D eigenvalue weighted by atomic mass is 16.2. The van der Waals surface area contributed by atoms with E-state index in [1.165, 1.54) is 6.21 Å². The molecule has 7 heteroatoms. The second kappa shape index (κ2) is 5.76. The number of pyridine rings is 1. The molecule has 0 aliphatic carbocycles. The van der Waals surface area contributed by atoms with Crippen LogP contribution in [0.2, 0.25) is 0 Å². The van der Waals surface area contributed by atoms with E-state index in [2.05, 4.69) is 32.9 Å². The first-order valence-electron chi connectivity index (χ1n) is 5.63. The Balaban J connectivity index is 1.83. The minimum Gasteiger partial charge on any atom is -0.302 e. The third-order valence-electron chi connectivity index (χ3n) is 2.56. The highest BCUT2D eigenvalue weighted by Crippen LogP contribution is 2.14. The van der Waals surface area contributed by atoms with Gasteiger partial charge in [-0.25, -0.2) is 5.43 Å². The molecular formula is C12H13N5O2. The molecule has 0 aromatic carbocycles. The molecule has 1 aliphatic heterocycles. The molecule has 0 spiro atoms. The Morgan fingerprint density at radius 3 is 3.05 bits per heavy atom. The molecule has 0 bridgehead atoms. The molecule has 19 heavy (non-hydrogen) atoms. The summed E-state index contributed by atoms with van der Waals surface area (Å²) in [6, 6.07) is 3.57. The number of hydrazine groups is 1. The molecule has 2 amide bonds. The fourth-order valence-corrected chi connectivity index (χ4v) is 1.55. The summed E-state index contributed by atoms with van der Waals surface area (Å²) in [6.07, 6.45) is 4.74. The van der Waals surface area contributed by atoms with E-state index in [0.717, 1.165) is 5.56 Å². The number of aromatic nitrogens is 1. The van der Waals surface area contributed by atoms with Crippen LogP contribution in [0, 0.1) is 5.92 Å². The van der Waals surface area contributed by atoms with E-state index < -0.39 is 5.92 Å². The van der Waals surface area contributed by atoms with Crippen LogP contribution in [0.15, 0.2) is 41.9 Å². The second-order valence-electron chi connectivity index (χ2n) is 3.98. The molecule has 3 N–H and O–H groups in total. The molecule has 1 aromatic rings. The number of amides is 2. The van der Waals surface area contributed by atoms with Crippen molar-refractivity contribution in [2.45, 2.75) is 6.42 Å². The van der Waals surface area contributed by atoms with Gasteiger partial charge in [0.1, 0.15) is 0 Å². The van der Waals surface area contributed by atoms with Crippen molar-refractivity contribution >= 4 is 18.0 Å². The van der Waals surface area contributed by atoms with Crippen LogP contribution in [-0.2, 0) is 9.59 Å². The summed E-state index contributed by atoms with van der Waals surface area (Å²) in [5.41, 5.74) is 8.58. The van der Waals surface area contributed by atoms with Gasteiger partial charge in [-0.3, -0.25) is 20.0 Å². The first-order chi connectivity index (χ1) is 9.16. The van der Waals surface area contributed by atoms with Gasteiger partial charge in [-0.2, -0.15) is 5.10 Å². The van der Waals surface area contributed by atoms with Crippen LogP contribution in [0.5, 0.6) is 0 Å². The summed E-state index contributed by atoms with van der Waals surface area (Å²) in [4.78, 5) is 26.9. The van der Waals surface area contributed by atoms with Gasteiger partial charge in [0.25, 0.3) is 0 Å². The van der Waals surface area contributed by atoms with Gasteiger partial charge >= 0.3 is 0 Å². The molecule has 2 heterocycles. The monoisotopic (exact) mass is 259 g/mol. The summed E-state index contributed by atoms with van der Waals surface area (Å²) < 4.78 is 0. The number of carbonyl (C=O) groups excluding carboxylic acids is 2. The maximum atomic E-state index is 11.6. The average Bonchev–Trinajstić information content (AvgIpc) is 2.72. The molecule has 1 unspecified atom stereocenters. The average molecular weight is 259 g/mol. The van der Waals surface area contributed by atoms with Crippen LogP contribution < -0.4 is 16.3 Å². The van der Waals surface area contributed by atoms with E-state index in [9.17, 15) is 9.59 Å². The Morgan fingerprint density at radius 1 is 1.58 bits per heavy atom. The van der Waals surface area contributed by atoms with Crippen LogP contribution in [0.1, 0.15) is 12.0 Å². The maximum Gasteiger partial charge on any atom is 0.247 e. The van der Waals surface area contributed by atoms with Gasteiger partial charge in [-0.1, -0.05) is 12.6 Å². The minimum atomic E-state index is -0.561. The van der Waals surface area contributed by atoms with Crippen LogP contribution in [0.3, 0.4) is 0 Å². The minimum absolute atomic E-state index is 0.00203. The first kappa shape index (κ1) is 12.7. The van der Waals surface area contributed by atoms with Crippen molar-refractivity contribution in [2.24, 2.45) is 11.0 Å². The molecular weight excluding hydrogens is 246 g/mol. The van der Waals surface area contributed by atoms with Gasteiger partial charge < -0.3 is 5.43 Å². The molecule has 98 valence electrons. The van der Waals surface area contributed by atoms with Crippen LogP contribution in [0.4, 0.5) is 0 Å². The largest absolute Gasteiger partial charge is 0.302 e. The molecule has 1 fully saturated rings. The number of carbonyl (C=O) groups is 2. The van der Waals surface area contributed by atoms with E-state index in [-0.39, 0.29) is 18.2 Å². The summed E-state index contributed by atoms with van der Waals surface area (Å²) >= 11 is 0. The second-order valence-corrected chi connectivity index (χ2v) is 3.98. The van der Waals surface area contributed by atoms with E-state index in [4.69, 9.17) is 0 Å². The van der Waals surface area contributed by atoms with E-state index in [0.29, 0.717) is 5.70 Å². The summed E-state index contributed by atoms with van der Waals surface area (Å²) in [6.45, 7) is 3.65. The molecule has 1 aromatic heterocycles. The maximum absolute atomic E-state index is 11.6. The normalized spacial score (nSPS) is 18.2. The van der Waals surface area contributed by atoms with Crippen molar-refractivity contribution < 1.29 is 9.59 Å². The van der Waals surface area contributed by atoms with Crippen molar-refractivity contribution in [3.8, 4) is 0 Å². The SMILES string of the molecule is C=C1NNC(=O)C1CC(=O)NN=Cc1cccnc1. The lowest BCUT2D eigenvalue weighted by Crippen LogP contribution is -2.27. The van der Waals surface area contributed by atoms with Gasteiger partial charge in [0.15, 0.2) is 0 Å². The Labute approximate surface area is 109 Å².